The lowest BCUT2D eigenvalue weighted by atomic mass is 9.96. The molecular weight excluding hydrogens is 220 g/mol. The number of carbonyl (C=O) groups is 1. The van der Waals surface area contributed by atoms with Gasteiger partial charge in [-0.25, -0.2) is 4.98 Å². The number of amides is 1. The molecule has 0 radical (unpaired) electrons. The number of nitrogen functional groups attached to an aromatic ring is 1. The van der Waals surface area contributed by atoms with Crippen LogP contribution < -0.4 is 5.73 Å². The molecule has 1 aliphatic heterocycles. The van der Waals surface area contributed by atoms with Crippen molar-refractivity contribution in [1.82, 2.24) is 14.9 Å². The van der Waals surface area contributed by atoms with E-state index in [0.29, 0.717) is 13.1 Å². The van der Waals surface area contributed by atoms with Crippen LogP contribution in [0.3, 0.4) is 0 Å². The Bertz CT molecular complexity index is 424. The minimum Gasteiger partial charge on any atom is -0.391 e. The Kier molecular flexibility index (Phi) is 3.23. The van der Waals surface area contributed by atoms with E-state index in [2.05, 4.69) is 9.97 Å². The number of rotatable bonds is 1. The molecule has 92 valence electrons. The van der Waals surface area contributed by atoms with E-state index in [-0.39, 0.29) is 23.3 Å². The molecule has 6 heteroatoms. The number of anilines is 1. The molecule has 1 aromatic rings. The Hall–Kier alpha value is -1.69. The Balaban J connectivity index is 2.10. The van der Waals surface area contributed by atoms with Crippen molar-refractivity contribution >= 4 is 11.7 Å². The zero-order valence-electron chi connectivity index (χ0n) is 9.71. The second kappa shape index (κ2) is 4.67. The Morgan fingerprint density at radius 2 is 2.35 bits per heavy atom. The predicted molar refractivity (Wildman–Crippen MR) is 62.1 cm³/mol. The largest absolute Gasteiger partial charge is 0.391 e. The van der Waals surface area contributed by atoms with E-state index in [0.717, 1.165) is 6.42 Å². The van der Waals surface area contributed by atoms with Gasteiger partial charge in [0, 0.05) is 13.1 Å². The van der Waals surface area contributed by atoms with E-state index in [1.807, 2.05) is 6.92 Å². The summed E-state index contributed by atoms with van der Waals surface area (Å²) in [6, 6.07) is 0. The summed E-state index contributed by atoms with van der Waals surface area (Å²) in [5.74, 6) is 0.225. The normalized spacial score (nSPS) is 24.7. The molecule has 2 rings (SSSR count). The van der Waals surface area contributed by atoms with Crippen LogP contribution in [0.4, 0.5) is 5.82 Å². The van der Waals surface area contributed by atoms with E-state index in [1.54, 1.807) is 4.90 Å². The van der Waals surface area contributed by atoms with Crippen LogP contribution in [0.1, 0.15) is 23.8 Å². The molecule has 0 spiro atoms. The van der Waals surface area contributed by atoms with Crippen molar-refractivity contribution < 1.29 is 9.90 Å². The predicted octanol–water partition coefficient (Wildman–Crippen LogP) is -0.0983. The Morgan fingerprint density at radius 1 is 1.59 bits per heavy atom. The van der Waals surface area contributed by atoms with Gasteiger partial charge in [0.25, 0.3) is 5.91 Å². The van der Waals surface area contributed by atoms with Gasteiger partial charge in [-0.2, -0.15) is 0 Å². The number of hydrogen-bond donors (Lipinski definition) is 2. The zero-order chi connectivity index (χ0) is 12.4. The van der Waals surface area contributed by atoms with Crippen molar-refractivity contribution in [2.24, 2.45) is 5.92 Å². The van der Waals surface area contributed by atoms with E-state index in [9.17, 15) is 9.90 Å². The molecule has 6 nitrogen and oxygen atoms in total. The van der Waals surface area contributed by atoms with Gasteiger partial charge in [0.2, 0.25) is 0 Å². The summed E-state index contributed by atoms with van der Waals surface area (Å²) < 4.78 is 0. The maximum atomic E-state index is 12.1. The van der Waals surface area contributed by atoms with Gasteiger partial charge in [-0.15, -0.1) is 0 Å². The van der Waals surface area contributed by atoms with Crippen molar-refractivity contribution in [2.45, 2.75) is 19.4 Å². The highest BCUT2D eigenvalue weighted by Gasteiger charge is 2.28. The van der Waals surface area contributed by atoms with E-state index in [4.69, 9.17) is 5.73 Å². The second-order valence-electron chi connectivity index (χ2n) is 4.41. The third kappa shape index (κ3) is 2.52. The SMILES string of the molecule is CC1CCN(C(=O)c2cncc(N)n2)CC1O. The van der Waals surface area contributed by atoms with Gasteiger partial charge in [-0.05, 0) is 12.3 Å². The minimum atomic E-state index is -0.471. The summed E-state index contributed by atoms with van der Waals surface area (Å²) in [7, 11) is 0. The van der Waals surface area contributed by atoms with E-state index < -0.39 is 6.10 Å². The van der Waals surface area contributed by atoms with Crippen LogP contribution >= 0.6 is 0 Å². The van der Waals surface area contributed by atoms with Gasteiger partial charge in [-0.1, -0.05) is 6.92 Å². The summed E-state index contributed by atoms with van der Waals surface area (Å²) in [4.78, 5) is 21.4. The lowest BCUT2D eigenvalue weighted by Crippen LogP contribution is -2.46. The van der Waals surface area contributed by atoms with Gasteiger partial charge in [0.1, 0.15) is 11.5 Å². The molecule has 0 aromatic carbocycles. The number of nitrogens with zero attached hydrogens (tertiary/aromatic N) is 3. The van der Waals surface area contributed by atoms with E-state index >= 15 is 0 Å². The molecule has 0 saturated carbocycles. The molecule has 1 saturated heterocycles. The number of aromatic nitrogens is 2. The van der Waals surface area contributed by atoms with E-state index in [1.165, 1.54) is 12.4 Å². The number of β-amino-alcohol motifs (C(OH)–C–C–N with tert-alkyl or cyclic N) is 1. The first-order chi connectivity index (χ1) is 8.08. The molecule has 1 aliphatic rings. The Morgan fingerprint density at radius 3 is 3.00 bits per heavy atom. The van der Waals surface area contributed by atoms with Crippen LogP contribution in [0.5, 0.6) is 0 Å². The number of nitrogens with two attached hydrogens (primary N) is 1. The number of aliphatic hydroxyl groups is 1. The lowest BCUT2D eigenvalue weighted by Gasteiger charge is -2.33. The highest BCUT2D eigenvalue weighted by Crippen LogP contribution is 2.18. The molecule has 1 aromatic heterocycles. The summed E-state index contributed by atoms with van der Waals surface area (Å²) >= 11 is 0. The smallest absolute Gasteiger partial charge is 0.274 e. The molecule has 2 unspecified atom stereocenters. The first-order valence-corrected chi connectivity index (χ1v) is 5.63. The topological polar surface area (TPSA) is 92.3 Å². The van der Waals surface area contributed by atoms with Gasteiger partial charge in [0.15, 0.2) is 0 Å². The van der Waals surface area contributed by atoms with Crippen molar-refractivity contribution in [1.29, 1.82) is 0 Å². The molecular formula is C11H16N4O2. The lowest BCUT2D eigenvalue weighted by molar-refractivity contribution is 0.0245. The van der Waals surface area contributed by atoms with Gasteiger partial charge < -0.3 is 15.7 Å². The maximum Gasteiger partial charge on any atom is 0.274 e. The standard InChI is InChI=1S/C11H16N4O2/c1-7-2-3-15(6-9(7)16)11(17)8-4-13-5-10(12)14-8/h4-5,7,9,16H,2-3,6H2,1H3,(H2,12,14). The maximum absolute atomic E-state index is 12.1. The highest BCUT2D eigenvalue weighted by molar-refractivity contribution is 5.92. The van der Waals surface area contributed by atoms with Crippen molar-refractivity contribution in [3.8, 4) is 0 Å². The van der Waals surface area contributed by atoms with Crippen LogP contribution in [0.15, 0.2) is 12.4 Å². The van der Waals surface area contributed by atoms with Crippen LogP contribution in [0.2, 0.25) is 0 Å². The third-order valence-electron chi connectivity index (χ3n) is 3.08. The molecule has 1 fully saturated rings. The summed E-state index contributed by atoms with van der Waals surface area (Å²) in [5.41, 5.74) is 5.71. The molecule has 3 N–H and O–H groups in total. The monoisotopic (exact) mass is 236 g/mol. The van der Waals surface area contributed by atoms with Gasteiger partial charge in [-0.3, -0.25) is 9.78 Å². The summed E-state index contributed by atoms with van der Waals surface area (Å²) in [6.45, 7) is 2.96. The minimum absolute atomic E-state index is 0.224. The fraction of sp³-hybridized carbons (Fsp3) is 0.545. The average molecular weight is 236 g/mol. The molecule has 2 heterocycles. The second-order valence-corrected chi connectivity index (χ2v) is 4.41. The first-order valence-electron chi connectivity index (χ1n) is 5.63. The molecule has 0 aliphatic carbocycles. The summed E-state index contributed by atoms with van der Waals surface area (Å²) in [6.07, 6.45) is 3.11. The quantitative estimate of drug-likeness (QED) is 0.710. The fourth-order valence-electron chi connectivity index (χ4n) is 1.88. The van der Waals surface area contributed by atoms with Crippen LogP contribution in [0.25, 0.3) is 0 Å². The van der Waals surface area contributed by atoms with Crippen LogP contribution in [-0.2, 0) is 0 Å². The fourth-order valence-corrected chi connectivity index (χ4v) is 1.88. The molecule has 0 bridgehead atoms. The highest BCUT2D eigenvalue weighted by atomic mass is 16.3. The van der Waals surface area contributed by atoms with Crippen molar-refractivity contribution in [3.05, 3.63) is 18.1 Å². The number of hydrogen-bond acceptors (Lipinski definition) is 5. The van der Waals surface area contributed by atoms with Crippen LogP contribution in [0, 0.1) is 5.92 Å². The molecule has 2 atom stereocenters. The number of aliphatic hydroxyl groups excluding tert-OH is 1. The Labute approximate surface area is 99.5 Å². The van der Waals surface area contributed by atoms with Crippen molar-refractivity contribution in [2.75, 3.05) is 18.8 Å². The molecule has 17 heavy (non-hydrogen) atoms. The van der Waals surface area contributed by atoms with Crippen LogP contribution in [-0.4, -0.2) is 45.1 Å². The molecule has 1 amide bonds. The van der Waals surface area contributed by atoms with Gasteiger partial charge in [0.05, 0.1) is 18.5 Å². The number of likely N-dealkylation sites (tertiary alicyclic amines) is 1. The van der Waals surface area contributed by atoms with Gasteiger partial charge >= 0.3 is 0 Å². The first kappa shape index (κ1) is 11.8. The average Bonchev–Trinajstić information content (AvgIpc) is 2.32. The zero-order valence-corrected chi connectivity index (χ0v) is 9.71. The van der Waals surface area contributed by atoms with Crippen molar-refractivity contribution in [3.63, 3.8) is 0 Å². The third-order valence-corrected chi connectivity index (χ3v) is 3.08. The number of piperidine rings is 1. The number of carbonyl (C=O) groups excluding carboxylic acids is 1. The summed E-state index contributed by atoms with van der Waals surface area (Å²) in [5, 5.41) is 9.74.